The van der Waals surface area contributed by atoms with Gasteiger partial charge < -0.3 is 9.88 Å². The lowest BCUT2D eigenvalue weighted by Crippen LogP contribution is -2.61. The van der Waals surface area contributed by atoms with Crippen LogP contribution in [0.4, 0.5) is 0 Å². The second kappa shape index (κ2) is 5.94. The second-order valence-corrected chi connectivity index (χ2v) is 9.76. The molecule has 0 radical (unpaired) electrons. The maximum Gasteiger partial charge on any atom is 0.279 e. The van der Waals surface area contributed by atoms with Gasteiger partial charge in [-0.15, -0.1) is 0 Å². The SMILES string of the molecule is CN1C(=O)/C(=C/c2ccc3ncn(C)c3c2)N=C1NC12CC3CC(CC(C3)C1)C2. The molecule has 1 aliphatic heterocycles. The number of fused-ring (bicyclic) bond motifs is 1. The number of imidazole rings is 1. The van der Waals surface area contributed by atoms with Crippen LogP contribution >= 0.6 is 0 Å². The van der Waals surface area contributed by atoms with Crippen LogP contribution in [-0.2, 0) is 11.8 Å². The number of benzene rings is 1. The maximum atomic E-state index is 12.9. The van der Waals surface area contributed by atoms with E-state index in [2.05, 4.69) is 16.4 Å². The Morgan fingerprint density at radius 2 is 1.79 bits per heavy atom. The molecule has 4 aliphatic carbocycles. The molecule has 0 saturated heterocycles. The third-order valence-corrected chi connectivity index (χ3v) is 7.54. The number of aryl methyl sites for hydroxylation is 1. The molecular weight excluding hydrogens is 362 g/mol. The van der Waals surface area contributed by atoms with Crippen LogP contribution in [0.2, 0.25) is 0 Å². The molecule has 5 aliphatic rings. The Balaban J connectivity index is 1.30. The Morgan fingerprint density at radius 3 is 2.48 bits per heavy atom. The Kier molecular flexibility index (Phi) is 3.53. The number of aromatic nitrogens is 2. The van der Waals surface area contributed by atoms with Crippen molar-refractivity contribution in [2.24, 2.45) is 29.8 Å². The van der Waals surface area contributed by atoms with E-state index in [-0.39, 0.29) is 11.4 Å². The fourth-order valence-corrected chi connectivity index (χ4v) is 6.60. The molecule has 4 saturated carbocycles. The van der Waals surface area contributed by atoms with E-state index in [9.17, 15) is 4.79 Å². The highest BCUT2D eigenvalue weighted by atomic mass is 16.2. The van der Waals surface area contributed by atoms with Crippen molar-refractivity contribution in [3.63, 3.8) is 0 Å². The predicted octanol–water partition coefficient (Wildman–Crippen LogP) is 3.30. The van der Waals surface area contributed by atoms with Crippen molar-refractivity contribution in [1.29, 1.82) is 0 Å². The highest BCUT2D eigenvalue weighted by Gasteiger charge is 2.52. The minimum absolute atomic E-state index is 0.0395. The van der Waals surface area contributed by atoms with Crippen LogP contribution < -0.4 is 5.32 Å². The van der Waals surface area contributed by atoms with E-state index in [0.29, 0.717) is 5.70 Å². The standard InChI is InChI=1S/C23H27N5O/c1-27-13-24-18-4-3-14(9-20(18)27)8-19-21(29)28(2)22(25-19)26-23-10-15-5-16(11-23)7-17(6-15)12-23/h3-4,8-9,13,15-17H,5-7,10-12H2,1-2H3,(H,25,26)/b19-8-. The molecule has 1 N–H and O–H groups in total. The van der Waals surface area contributed by atoms with Crippen LogP contribution in [-0.4, -0.2) is 38.9 Å². The van der Waals surface area contributed by atoms with Crippen LogP contribution in [0.5, 0.6) is 0 Å². The molecule has 2 heterocycles. The number of guanidine groups is 1. The first kappa shape index (κ1) is 17.2. The van der Waals surface area contributed by atoms with Crippen molar-refractivity contribution >= 4 is 29.0 Å². The van der Waals surface area contributed by atoms with Crippen molar-refractivity contribution in [1.82, 2.24) is 19.8 Å². The average molecular weight is 390 g/mol. The molecule has 0 unspecified atom stereocenters. The van der Waals surface area contributed by atoms with E-state index in [4.69, 9.17) is 4.99 Å². The van der Waals surface area contributed by atoms with Gasteiger partial charge in [-0.3, -0.25) is 9.69 Å². The topological polar surface area (TPSA) is 62.5 Å². The summed E-state index contributed by atoms with van der Waals surface area (Å²) in [5.74, 6) is 3.26. The third kappa shape index (κ3) is 2.72. The van der Waals surface area contributed by atoms with Crippen molar-refractivity contribution in [3.05, 3.63) is 35.8 Å². The van der Waals surface area contributed by atoms with Gasteiger partial charge in [0.1, 0.15) is 5.70 Å². The van der Waals surface area contributed by atoms with E-state index >= 15 is 0 Å². The molecule has 0 spiro atoms. The number of nitrogens with one attached hydrogen (secondary N) is 1. The normalized spacial score (nSPS) is 34.5. The van der Waals surface area contributed by atoms with E-state index in [1.54, 1.807) is 4.90 Å². The quantitative estimate of drug-likeness (QED) is 0.802. The maximum absolute atomic E-state index is 12.9. The van der Waals surface area contributed by atoms with Gasteiger partial charge in [-0.25, -0.2) is 9.98 Å². The summed E-state index contributed by atoms with van der Waals surface area (Å²) in [5, 5.41) is 3.75. The molecular formula is C23H27N5O. The molecule has 6 heteroatoms. The van der Waals surface area contributed by atoms with Crippen molar-refractivity contribution < 1.29 is 4.79 Å². The number of aliphatic imine (C=N–C) groups is 1. The predicted molar refractivity (Wildman–Crippen MR) is 113 cm³/mol. The molecule has 4 fully saturated rings. The largest absolute Gasteiger partial charge is 0.350 e. The zero-order chi connectivity index (χ0) is 19.8. The smallest absolute Gasteiger partial charge is 0.279 e. The van der Waals surface area contributed by atoms with Crippen LogP contribution in [0, 0.1) is 17.8 Å². The highest BCUT2D eigenvalue weighted by Crippen LogP contribution is 2.55. The first-order valence-corrected chi connectivity index (χ1v) is 10.8. The summed E-state index contributed by atoms with van der Waals surface area (Å²) in [5.41, 5.74) is 3.62. The van der Waals surface area contributed by atoms with Gasteiger partial charge in [-0.1, -0.05) is 6.07 Å². The van der Waals surface area contributed by atoms with Gasteiger partial charge in [-0.2, -0.15) is 0 Å². The zero-order valence-electron chi connectivity index (χ0n) is 17.1. The van der Waals surface area contributed by atoms with Gasteiger partial charge >= 0.3 is 0 Å². The Hall–Kier alpha value is -2.63. The number of carbonyl (C=O) groups excluding carboxylic acids is 1. The highest BCUT2D eigenvalue weighted by molar-refractivity contribution is 6.13. The number of carbonyl (C=O) groups is 1. The minimum atomic E-state index is -0.0395. The number of nitrogens with zero attached hydrogens (tertiary/aromatic N) is 4. The Bertz CT molecular complexity index is 1040. The molecule has 29 heavy (non-hydrogen) atoms. The van der Waals surface area contributed by atoms with Gasteiger partial charge in [0.25, 0.3) is 5.91 Å². The summed E-state index contributed by atoms with van der Waals surface area (Å²) < 4.78 is 1.99. The van der Waals surface area contributed by atoms with Crippen molar-refractivity contribution in [2.75, 3.05) is 7.05 Å². The molecule has 6 nitrogen and oxygen atoms in total. The van der Waals surface area contributed by atoms with Gasteiger partial charge in [0.05, 0.1) is 17.4 Å². The monoisotopic (exact) mass is 389 g/mol. The molecule has 1 aromatic carbocycles. The van der Waals surface area contributed by atoms with Gasteiger partial charge in [-0.05, 0) is 80.1 Å². The summed E-state index contributed by atoms with van der Waals surface area (Å²) in [6.07, 6.45) is 11.6. The Morgan fingerprint density at radius 1 is 1.10 bits per heavy atom. The van der Waals surface area contributed by atoms with Crippen LogP contribution in [0.3, 0.4) is 0 Å². The van der Waals surface area contributed by atoms with Crippen LogP contribution in [0.1, 0.15) is 44.1 Å². The molecule has 4 bridgehead atoms. The lowest BCUT2D eigenvalue weighted by atomic mass is 9.53. The summed E-state index contributed by atoms with van der Waals surface area (Å²) in [7, 11) is 3.81. The van der Waals surface area contributed by atoms with Crippen LogP contribution in [0.15, 0.2) is 35.2 Å². The summed E-state index contributed by atoms with van der Waals surface area (Å²) in [4.78, 5) is 23.7. The molecule has 0 atom stereocenters. The summed E-state index contributed by atoms with van der Waals surface area (Å²) in [6, 6.07) is 6.04. The number of rotatable bonds is 2. The van der Waals surface area contributed by atoms with Gasteiger partial charge in [0, 0.05) is 19.6 Å². The van der Waals surface area contributed by atoms with Gasteiger partial charge in [0.15, 0.2) is 0 Å². The van der Waals surface area contributed by atoms with E-state index < -0.39 is 0 Å². The molecule has 150 valence electrons. The first-order valence-electron chi connectivity index (χ1n) is 10.8. The number of hydrogen-bond acceptors (Lipinski definition) is 4. The fraction of sp³-hybridized carbons (Fsp3) is 0.522. The number of amides is 1. The average Bonchev–Trinajstić information content (AvgIpc) is 3.16. The summed E-state index contributed by atoms with van der Waals surface area (Å²) in [6.45, 7) is 0. The van der Waals surface area contributed by atoms with Gasteiger partial charge in [0.2, 0.25) is 5.96 Å². The van der Waals surface area contributed by atoms with Crippen molar-refractivity contribution in [2.45, 2.75) is 44.1 Å². The van der Waals surface area contributed by atoms with E-state index in [1.807, 2.05) is 43.2 Å². The first-order chi connectivity index (χ1) is 14.0. The third-order valence-electron chi connectivity index (χ3n) is 7.54. The molecule has 7 rings (SSSR count). The zero-order valence-corrected chi connectivity index (χ0v) is 17.1. The lowest BCUT2D eigenvalue weighted by Gasteiger charge is -2.57. The van der Waals surface area contributed by atoms with Crippen LogP contribution in [0.25, 0.3) is 17.1 Å². The molecule has 2 aromatic rings. The Labute approximate surface area is 170 Å². The molecule has 1 aromatic heterocycles. The van der Waals surface area contributed by atoms with E-state index in [1.165, 1.54) is 38.5 Å². The lowest BCUT2D eigenvalue weighted by molar-refractivity contribution is -0.121. The molecule has 1 amide bonds. The minimum Gasteiger partial charge on any atom is -0.350 e. The second-order valence-electron chi connectivity index (χ2n) is 9.76. The summed E-state index contributed by atoms with van der Waals surface area (Å²) >= 11 is 0. The number of hydrogen-bond donors (Lipinski definition) is 1. The number of likely N-dealkylation sites (N-methyl/N-ethyl adjacent to an activating group) is 1. The van der Waals surface area contributed by atoms with E-state index in [0.717, 1.165) is 40.3 Å². The van der Waals surface area contributed by atoms with Crippen molar-refractivity contribution in [3.8, 4) is 0 Å². The fourth-order valence-electron chi connectivity index (χ4n) is 6.60.